The predicted octanol–water partition coefficient (Wildman–Crippen LogP) is 5.62. The van der Waals surface area contributed by atoms with Gasteiger partial charge in [-0.25, -0.2) is 0 Å². The molecule has 0 spiro atoms. The minimum Gasteiger partial charge on any atom is -0.507 e. The second kappa shape index (κ2) is 13.1. The zero-order valence-electron chi connectivity index (χ0n) is 20.8. The van der Waals surface area contributed by atoms with Gasteiger partial charge in [-0.05, 0) is 84.9 Å². The van der Waals surface area contributed by atoms with Crippen LogP contribution in [0.15, 0.2) is 54.1 Å². The predicted molar refractivity (Wildman–Crippen MR) is 147 cm³/mol. The molecular formula is C28H35IN2O4. The van der Waals surface area contributed by atoms with Crippen molar-refractivity contribution in [3.8, 4) is 5.75 Å². The summed E-state index contributed by atoms with van der Waals surface area (Å²) in [7, 11) is 0. The molecule has 1 fully saturated rings. The van der Waals surface area contributed by atoms with Gasteiger partial charge >= 0.3 is 0 Å². The minimum atomic E-state index is -0.647. The third-order valence-corrected chi connectivity index (χ3v) is 7.09. The average Bonchev–Trinajstić information content (AvgIpc) is 3.12. The van der Waals surface area contributed by atoms with E-state index in [1.807, 2.05) is 30.3 Å². The molecule has 0 radical (unpaired) electrons. The van der Waals surface area contributed by atoms with Crippen LogP contribution in [0.1, 0.15) is 57.2 Å². The summed E-state index contributed by atoms with van der Waals surface area (Å²) < 4.78 is 6.85. The van der Waals surface area contributed by atoms with Crippen LogP contribution in [0, 0.1) is 3.57 Å². The summed E-state index contributed by atoms with van der Waals surface area (Å²) in [5.74, 6) is -0.753. The highest BCUT2D eigenvalue weighted by atomic mass is 127. The number of nitrogens with zero attached hydrogens (tertiary/aromatic N) is 2. The summed E-state index contributed by atoms with van der Waals surface area (Å²) in [5, 5.41) is 11.3. The highest BCUT2D eigenvalue weighted by molar-refractivity contribution is 14.1. The first-order valence-corrected chi connectivity index (χ1v) is 13.5. The number of aliphatic hydroxyl groups is 1. The number of hydrogen-bond donors (Lipinski definition) is 1. The summed E-state index contributed by atoms with van der Waals surface area (Å²) in [6.45, 7) is 10.1. The van der Waals surface area contributed by atoms with E-state index < -0.39 is 17.7 Å². The number of Topliss-reactive ketones (excluding diaryl/α,β-unsaturated/α-hetero) is 1. The number of halogens is 1. The maximum Gasteiger partial charge on any atom is 0.295 e. The second-order valence-corrected chi connectivity index (χ2v) is 9.90. The molecule has 0 aromatic heterocycles. The number of aliphatic hydroxyl groups excluding tert-OH is 1. The Balaban J connectivity index is 1.98. The number of carbonyl (C=O) groups is 2. The average molecular weight is 591 g/mol. The number of hydrogen-bond acceptors (Lipinski definition) is 5. The number of ketones is 1. The first-order valence-electron chi connectivity index (χ1n) is 12.4. The highest BCUT2D eigenvalue weighted by Gasteiger charge is 2.45. The molecule has 2 aromatic rings. The molecule has 2 aromatic carbocycles. The normalized spacial score (nSPS) is 17.4. The lowest BCUT2D eigenvalue weighted by atomic mass is 9.95. The van der Waals surface area contributed by atoms with Gasteiger partial charge in [0.15, 0.2) is 0 Å². The molecule has 1 unspecified atom stereocenters. The van der Waals surface area contributed by atoms with Crippen molar-refractivity contribution < 1.29 is 19.4 Å². The molecule has 0 saturated carbocycles. The third kappa shape index (κ3) is 6.64. The lowest BCUT2D eigenvalue weighted by molar-refractivity contribution is -0.140. The van der Waals surface area contributed by atoms with Gasteiger partial charge in [0.2, 0.25) is 0 Å². The lowest BCUT2D eigenvalue weighted by Crippen LogP contribution is -2.33. The smallest absolute Gasteiger partial charge is 0.295 e. The van der Waals surface area contributed by atoms with Gasteiger partial charge in [0.25, 0.3) is 11.7 Å². The summed E-state index contributed by atoms with van der Waals surface area (Å²) in [6, 6.07) is 14.2. The number of unbranched alkanes of at least 4 members (excludes halogenated alkanes) is 1. The Hall–Kier alpha value is -2.39. The fourth-order valence-electron chi connectivity index (χ4n) is 4.33. The summed E-state index contributed by atoms with van der Waals surface area (Å²) in [4.78, 5) is 30.3. The van der Waals surface area contributed by atoms with Crippen LogP contribution in [-0.2, 0) is 9.59 Å². The molecule has 6 nitrogen and oxygen atoms in total. The number of rotatable bonds is 12. The summed E-state index contributed by atoms with van der Waals surface area (Å²) in [5.41, 5.74) is 1.41. The van der Waals surface area contributed by atoms with Crippen LogP contribution >= 0.6 is 22.6 Å². The summed E-state index contributed by atoms with van der Waals surface area (Å²) >= 11 is 2.23. The van der Waals surface area contributed by atoms with Gasteiger partial charge in [-0.3, -0.25) is 9.59 Å². The van der Waals surface area contributed by atoms with Crippen molar-refractivity contribution in [1.29, 1.82) is 0 Å². The summed E-state index contributed by atoms with van der Waals surface area (Å²) in [6.07, 6.45) is 2.70. The number of amides is 1. The molecule has 1 saturated heterocycles. The van der Waals surface area contributed by atoms with Crippen LogP contribution in [0.3, 0.4) is 0 Å². The van der Waals surface area contributed by atoms with Crippen LogP contribution in [-0.4, -0.2) is 59.4 Å². The van der Waals surface area contributed by atoms with Crippen molar-refractivity contribution in [3.63, 3.8) is 0 Å². The Kier molecular flexibility index (Phi) is 10.2. The Morgan fingerprint density at radius 2 is 1.77 bits per heavy atom. The van der Waals surface area contributed by atoms with E-state index in [0.29, 0.717) is 24.5 Å². The molecule has 3 rings (SSSR count). The maximum atomic E-state index is 13.2. The van der Waals surface area contributed by atoms with E-state index in [1.54, 1.807) is 23.1 Å². The van der Waals surface area contributed by atoms with E-state index in [2.05, 4.69) is 48.3 Å². The molecule has 1 N–H and O–H groups in total. The van der Waals surface area contributed by atoms with E-state index in [1.165, 1.54) is 0 Å². The van der Waals surface area contributed by atoms with Crippen molar-refractivity contribution in [2.45, 2.75) is 46.1 Å². The number of carbonyl (C=O) groups excluding carboxylic acids is 2. The molecule has 1 aliphatic heterocycles. The first kappa shape index (κ1) is 27.2. The van der Waals surface area contributed by atoms with E-state index >= 15 is 0 Å². The van der Waals surface area contributed by atoms with Gasteiger partial charge in [-0.2, -0.15) is 0 Å². The van der Waals surface area contributed by atoms with E-state index in [0.717, 1.165) is 48.0 Å². The van der Waals surface area contributed by atoms with Gasteiger partial charge in [-0.15, -0.1) is 0 Å². The van der Waals surface area contributed by atoms with Crippen molar-refractivity contribution in [3.05, 3.63) is 68.8 Å². The lowest BCUT2D eigenvalue weighted by Gasteiger charge is -2.27. The Morgan fingerprint density at radius 3 is 2.43 bits per heavy atom. The van der Waals surface area contributed by atoms with Crippen molar-refractivity contribution >= 4 is 40.0 Å². The van der Waals surface area contributed by atoms with E-state index in [9.17, 15) is 14.7 Å². The monoisotopic (exact) mass is 590 g/mol. The van der Waals surface area contributed by atoms with Crippen LogP contribution < -0.4 is 4.74 Å². The number of benzene rings is 2. The molecule has 1 heterocycles. The minimum absolute atomic E-state index is 0.129. The number of likely N-dealkylation sites (tertiary alicyclic amines) is 1. The van der Waals surface area contributed by atoms with Crippen LogP contribution in [0.5, 0.6) is 5.75 Å². The van der Waals surface area contributed by atoms with E-state index in [4.69, 9.17) is 4.74 Å². The van der Waals surface area contributed by atoms with Crippen LogP contribution in [0.2, 0.25) is 0 Å². The number of ether oxygens (including phenoxy) is 1. The molecule has 0 bridgehead atoms. The molecule has 1 amide bonds. The molecule has 1 atom stereocenters. The van der Waals surface area contributed by atoms with Gasteiger partial charge in [0, 0.05) is 15.7 Å². The topological polar surface area (TPSA) is 70.1 Å². The largest absolute Gasteiger partial charge is 0.507 e. The first-order chi connectivity index (χ1) is 16.9. The molecule has 1 aliphatic rings. The van der Waals surface area contributed by atoms with Gasteiger partial charge < -0.3 is 19.6 Å². The Morgan fingerprint density at radius 1 is 1.06 bits per heavy atom. The molecule has 188 valence electrons. The molecular weight excluding hydrogens is 555 g/mol. The van der Waals surface area contributed by atoms with Gasteiger partial charge in [0.05, 0.1) is 18.2 Å². The quantitative estimate of drug-likeness (QED) is 0.114. The van der Waals surface area contributed by atoms with Gasteiger partial charge in [-0.1, -0.05) is 51.5 Å². The van der Waals surface area contributed by atoms with Gasteiger partial charge in [0.1, 0.15) is 11.5 Å². The van der Waals surface area contributed by atoms with Crippen LogP contribution in [0.4, 0.5) is 0 Å². The Labute approximate surface area is 222 Å². The fourth-order valence-corrected chi connectivity index (χ4v) is 4.69. The SMILES string of the molecule is CCCCOc1cccc(/C(O)=C2\C(=O)C(=O)N(CCCN(CC)CC)C2c2ccc(I)cc2)c1. The fraction of sp³-hybridized carbons (Fsp3) is 0.429. The zero-order chi connectivity index (χ0) is 25.4. The molecule has 7 heteroatoms. The van der Waals surface area contributed by atoms with Crippen molar-refractivity contribution in [1.82, 2.24) is 9.80 Å². The third-order valence-electron chi connectivity index (χ3n) is 6.37. The maximum absolute atomic E-state index is 13.2. The molecule has 35 heavy (non-hydrogen) atoms. The van der Waals surface area contributed by atoms with E-state index in [-0.39, 0.29) is 11.3 Å². The molecule has 0 aliphatic carbocycles. The second-order valence-electron chi connectivity index (χ2n) is 8.65. The van der Waals surface area contributed by atoms with Crippen LogP contribution in [0.25, 0.3) is 5.76 Å². The standard InChI is InChI=1S/C28H35IN2O4/c1-4-7-18-35-23-11-8-10-21(19-23)26(32)24-25(20-12-14-22(29)15-13-20)31(28(34)27(24)33)17-9-16-30(5-2)6-3/h8,10-15,19,25,32H,4-7,9,16-18H2,1-3H3/b26-24+. The zero-order valence-corrected chi connectivity index (χ0v) is 23.0. The highest BCUT2D eigenvalue weighted by Crippen LogP contribution is 2.40. The Bertz CT molecular complexity index is 1050. The van der Waals surface area contributed by atoms with Crippen molar-refractivity contribution in [2.75, 3.05) is 32.8 Å². The van der Waals surface area contributed by atoms with Crippen molar-refractivity contribution in [2.24, 2.45) is 0 Å².